The average molecular weight is 282 g/mol. The lowest BCUT2D eigenvalue weighted by Crippen LogP contribution is -2.30. The number of hydrogen-bond donors (Lipinski definition) is 1. The van der Waals surface area contributed by atoms with E-state index in [1.54, 1.807) is 0 Å². The molecule has 19 heavy (non-hydrogen) atoms. The van der Waals surface area contributed by atoms with Gasteiger partial charge in [0.15, 0.2) is 0 Å². The molecule has 0 radical (unpaired) electrons. The van der Waals surface area contributed by atoms with Crippen LogP contribution in [0.5, 0.6) is 0 Å². The molecule has 1 aromatic carbocycles. The third-order valence-electron chi connectivity index (χ3n) is 4.37. The van der Waals surface area contributed by atoms with Gasteiger partial charge in [0, 0.05) is 17.1 Å². The molecule has 1 fully saturated rings. The molecule has 0 aliphatic heterocycles. The molecule has 4 atom stereocenters. The summed E-state index contributed by atoms with van der Waals surface area (Å²) in [5.41, 5.74) is 6.88. The lowest BCUT2D eigenvalue weighted by molar-refractivity contribution is -0.0448. The number of nitrogens with two attached hydrogens (primary N) is 1. The van der Waals surface area contributed by atoms with E-state index < -0.39 is 0 Å². The van der Waals surface area contributed by atoms with Crippen molar-refractivity contribution >= 4 is 11.6 Å². The number of benzene rings is 1. The van der Waals surface area contributed by atoms with Gasteiger partial charge in [0.25, 0.3) is 0 Å². The van der Waals surface area contributed by atoms with Crippen molar-refractivity contribution in [3.05, 3.63) is 34.9 Å². The van der Waals surface area contributed by atoms with Gasteiger partial charge in [-0.1, -0.05) is 43.6 Å². The molecule has 4 unspecified atom stereocenters. The van der Waals surface area contributed by atoms with Gasteiger partial charge in [-0.15, -0.1) is 0 Å². The summed E-state index contributed by atoms with van der Waals surface area (Å²) in [7, 11) is 0. The summed E-state index contributed by atoms with van der Waals surface area (Å²) in [6, 6.07) is 7.83. The van der Waals surface area contributed by atoms with Gasteiger partial charge in [-0.25, -0.2) is 0 Å². The Labute approximate surface area is 121 Å². The van der Waals surface area contributed by atoms with E-state index in [0.717, 1.165) is 35.3 Å². The van der Waals surface area contributed by atoms with Gasteiger partial charge in [0.05, 0.1) is 12.2 Å². The molecule has 2 N–H and O–H groups in total. The molecule has 0 heterocycles. The van der Waals surface area contributed by atoms with Crippen molar-refractivity contribution in [3.8, 4) is 0 Å². The highest BCUT2D eigenvalue weighted by atomic mass is 35.5. The molecule has 1 saturated carbocycles. The molecular formula is C16H24ClNO. The van der Waals surface area contributed by atoms with Crippen LogP contribution in [0.2, 0.25) is 5.02 Å². The minimum Gasteiger partial charge on any atom is -0.369 e. The molecular weight excluding hydrogens is 258 g/mol. The van der Waals surface area contributed by atoms with Crippen LogP contribution in [0.1, 0.15) is 44.8 Å². The highest BCUT2D eigenvalue weighted by molar-refractivity contribution is 6.31. The van der Waals surface area contributed by atoms with Crippen molar-refractivity contribution in [2.45, 2.75) is 45.3 Å². The van der Waals surface area contributed by atoms with Crippen molar-refractivity contribution in [1.82, 2.24) is 0 Å². The second kappa shape index (κ2) is 6.74. The van der Waals surface area contributed by atoms with Crippen LogP contribution in [0.15, 0.2) is 24.3 Å². The fourth-order valence-electron chi connectivity index (χ4n) is 2.85. The first-order valence-corrected chi connectivity index (χ1v) is 7.59. The summed E-state index contributed by atoms with van der Waals surface area (Å²) < 4.78 is 6.22. The predicted octanol–water partition coefficient (Wildman–Crippen LogP) is 4.18. The lowest BCUT2D eigenvalue weighted by atomic mass is 9.80. The second-order valence-electron chi connectivity index (χ2n) is 5.77. The lowest BCUT2D eigenvalue weighted by Gasteiger charge is -2.34. The molecule has 0 spiro atoms. The Morgan fingerprint density at radius 1 is 1.26 bits per heavy atom. The van der Waals surface area contributed by atoms with E-state index in [4.69, 9.17) is 22.1 Å². The summed E-state index contributed by atoms with van der Waals surface area (Å²) in [6.45, 7) is 5.12. The molecule has 0 bridgehead atoms. The molecule has 3 heteroatoms. The largest absolute Gasteiger partial charge is 0.369 e. The molecule has 0 saturated heterocycles. The minimum absolute atomic E-state index is 0.0840. The molecule has 2 rings (SSSR count). The van der Waals surface area contributed by atoms with E-state index in [1.807, 2.05) is 24.3 Å². The summed E-state index contributed by atoms with van der Waals surface area (Å²) in [4.78, 5) is 0. The van der Waals surface area contributed by atoms with Gasteiger partial charge in [-0.3, -0.25) is 0 Å². The van der Waals surface area contributed by atoms with E-state index in [9.17, 15) is 0 Å². The topological polar surface area (TPSA) is 35.2 Å². The molecule has 1 aliphatic rings. The van der Waals surface area contributed by atoms with Crippen LogP contribution in [0.25, 0.3) is 0 Å². The zero-order chi connectivity index (χ0) is 13.8. The number of rotatable bonds is 4. The maximum atomic E-state index is 6.23. The fourth-order valence-corrected chi connectivity index (χ4v) is 3.10. The van der Waals surface area contributed by atoms with Gasteiger partial charge in [-0.2, -0.15) is 0 Å². The van der Waals surface area contributed by atoms with E-state index in [1.165, 1.54) is 6.42 Å². The summed E-state index contributed by atoms with van der Waals surface area (Å²) in [5, 5.41) is 0.746. The first-order valence-electron chi connectivity index (χ1n) is 7.21. The first-order chi connectivity index (χ1) is 9.11. The Kier molecular flexibility index (Phi) is 5.26. The number of ether oxygens (including phenoxy) is 1. The predicted molar refractivity (Wildman–Crippen MR) is 80.3 cm³/mol. The Bertz CT molecular complexity index is 409. The smallest absolute Gasteiger partial charge is 0.0965 e. The Balaban J connectivity index is 2.02. The Morgan fingerprint density at radius 2 is 2.00 bits per heavy atom. The quantitative estimate of drug-likeness (QED) is 0.898. The van der Waals surface area contributed by atoms with Crippen LogP contribution >= 0.6 is 11.6 Å². The molecule has 0 amide bonds. The van der Waals surface area contributed by atoms with Crippen LogP contribution in [0.4, 0.5) is 0 Å². The standard InChI is InChI=1S/C16H24ClNO/c1-11-7-8-13(9-12(11)2)19-16(10-18)14-5-3-4-6-15(14)17/h3-6,11-13,16H,7-10,18H2,1-2H3. The second-order valence-corrected chi connectivity index (χ2v) is 6.18. The fraction of sp³-hybridized carbons (Fsp3) is 0.625. The highest BCUT2D eigenvalue weighted by Crippen LogP contribution is 2.34. The van der Waals surface area contributed by atoms with Gasteiger partial charge in [-0.05, 0) is 37.2 Å². The third kappa shape index (κ3) is 3.71. The molecule has 0 aromatic heterocycles. The van der Waals surface area contributed by atoms with Crippen LogP contribution in [0.3, 0.4) is 0 Å². The molecule has 2 nitrogen and oxygen atoms in total. The normalized spacial score (nSPS) is 29.2. The van der Waals surface area contributed by atoms with E-state index in [0.29, 0.717) is 12.6 Å². The monoisotopic (exact) mass is 281 g/mol. The van der Waals surface area contributed by atoms with Gasteiger partial charge in [0.2, 0.25) is 0 Å². The van der Waals surface area contributed by atoms with E-state index in [2.05, 4.69) is 13.8 Å². The summed E-state index contributed by atoms with van der Waals surface area (Å²) >= 11 is 6.23. The van der Waals surface area contributed by atoms with Crippen molar-refractivity contribution in [1.29, 1.82) is 0 Å². The Hall–Kier alpha value is -0.570. The van der Waals surface area contributed by atoms with Crippen LogP contribution < -0.4 is 5.73 Å². The zero-order valence-corrected chi connectivity index (χ0v) is 12.6. The summed E-state index contributed by atoms with van der Waals surface area (Å²) in [5.74, 6) is 1.53. The molecule has 1 aromatic rings. The van der Waals surface area contributed by atoms with Crippen LogP contribution in [-0.2, 0) is 4.74 Å². The number of hydrogen-bond acceptors (Lipinski definition) is 2. The highest BCUT2D eigenvalue weighted by Gasteiger charge is 2.27. The molecule has 1 aliphatic carbocycles. The number of halogens is 1. The van der Waals surface area contributed by atoms with Gasteiger partial charge < -0.3 is 10.5 Å². The van der Waals surface area contributed by atoms with Crippen molar-refractivity contribution in [2.75, 3.05) is 6.54 Å². The minimum atomic E-state index is -0.0840. The van der Waals surface area contributed by atoms with Crippen molar-refractivity contribution in [2.24, 2.45) is 17.6 Å². The zero-order valence-electron chi connectivity index (χ0n) is 11.8. The first kappa shape index (κ1) is 14.8. The van der Waals surface area contributed by atoms with Crippen molar-refractivity contribution in [3.63, 3.8) is 0 Å². The maximum absolute atomic E-state index is 6.23. The van der Waals surface area contributed by atoms with Crippen LogP contribution in [0, 0.1) is 11.8 Å². The summed E-state index contributed by atoms with van der Waals surface area (Å²) in [6.07, 6.45) is 3.73. The van der Waals surface area contributed by atoms with E-state index >= 15 is 0 Å². The van der Waals surface area contributed by atoms with Crippen LogP contribution in [-0.4, -0.2) is 12.6 Å². The van der Waals surface area contributed by atoms with Gasteiger partial charge >= 0.3 is 0 Å². The average Bonchev–Trinajstić information content (AvgIpc) is 2.41. The van der Waals surface area contributed by atoms with E-state index in [-0.39, 0.29) is 6.10 Å². The van der Waals surface area contributed by atoms with Crippen molar-refractivity contribution < 1.29 is 4.74 Å². The Morgan fingerprint density at radius 3 is 2.63 bits per heavy atom. The molecule has 106 valence electrons. The SMILES string of the molecule is CC1CCC(OC(CN)c2ccccc2Cl)CC1C. The third-order valence-corrected chi connectivity index (χ3v) is 4.72. The maximum Gasteiger partial charge on any atom is 0.0965 e. The van der Waals surface area contributed by atoms with Gasteiger partial charge in [0.1, 0.15) is 0 Å².